The van der Waals surface area contributed by atoms with Gasteiger partial charge < -0.3 is 15.1 Å². The summed E-state index contributed by atoms with van der Waals surface area (Å²) in [6, 6.07) is 3.60. The van der Waals surface area contributed by atoms with Crippen LogP contribution in [0.3, 0.4) is 0 Å². The number of thiophene rings is 1. The summed E-state index contributed by atoms with van der Waals surface area (Å²) in [5.74, 6) is -0.0583. The zero-order chi connectivity index (χ0) is 12.5. The van der Waals surface area contributed by atoms with E-state index in [0.717, 1.165) is 5.69 Å². The molecule has 0 aliphatic rings. The molecule has 0 aliphatic carbocycles. The van der Waals surface area contributed by atoms with Crippen LogP contribution in [0.2, 0.25) is 0 Å². The third-order valence-electron chi connectivity index (χ3n) is 2.59. The van der Waals surface area contributed by atoms with Gasteiger partial charge in [0.15, 0.2) is 0 Å². The molecule has 6 nitrogen and oxygen atoms in total. The van der Waals surface area contributed by atoms with Gasteiger partial charge in [0.2, 0.25) is 5.88 Å². The molecule has 3 aromatic heterocycles. The van der Waals surface area contributed by atoms with Crippen molar-refractivity contribution in [1.29, 1.82) is 0 Å². The minimum atomic E-state index is -0.343. The van der Waals surface area contributed by atoms with Gasteiger partial charge in [0.05, 0.1) is 12.0 Å². The monoisotopic (exact) mass is 262 g/mol. The van der Waals surface area contributed by atoms with E-state index >= 15 is 0 Å². The van der Waals surface area contributed by atoms with Gasteiger partial charge >= 0.3 is 5.69 Å². The number of aromatic hydroxyl groups is 1. The van der Waals surface area contributed by atoms with Crippen LogP contribution >= 0.6 is 11.3 Å². The lowest BCUT2D eigenvalue weighted by atomic mass is 10.2. The maximum Gasteiger partial charge on any atom is 0.333 e. The SMILES string of the molecule is O=c1[nH]c(Cc2cnc[nH]2)c(O)n1-c1cccs1. The average molecular weight is 262 g/mol. The fourth-order valence-electron chi connectivity index (χ4n) is 1.77. The van der Waals surface area contributed by atoms with Crippen LogP contribution in [0.25, 0.3) is 5.00 Å². The predicted octanol–water partition coefficient (Wildman–Crippen LogP) is 1.25. The number of nitrogens with zero attached hydrogens (tertiary/aromatic N) is 2. The van der Waals surface area contributed by atoms with Crippen LogP contribution in [0.4, 0.5) is 0 Å². The molecule has 3 aromatic rings. The lowest BCUT2D eigenvalue weighted by Gasteiger charge is -1.99. The Bertz CT molecular complexity index is 694. The highest BCUT2D eigenvalue weighted by molar-refractivity contribution is 7.12. The minimum absolute atomic E-state index is 0.0583. The first-order valence-electron chi connectivity index (χ1n) is 5.29. The largest absolute Gasteiger partial charge is 0.493 e. The number of nitrogens with one attached hydrogen (secondary N) is 2. The zero-order valence-corrected chi connectivity index (χ0v) is 10.1. The van der Waals surface area contributed by atoms with Crippen molar-refractivity contribution < 1.29 is 5.11 Å². The third kappa shape index (κ3) is 1.74. The molecule has 3 N–H and O–H groups in total. The van der Waals surface area contributed by atoms with E-state index in [0.29, 0.717) is 17.1 Å². The van der Waals surface area contributed by atoms with Gasteiger partial charge in [0, 0.05) is 18.3 Å². The van der Waals surface area contributed by atoms with Crippen molar-refractivity contribution in [3.05, 3.63) is 51.9 Å². The summed E-state index contributed by atoms with van der Waals surface area (Å²) in [4.78, 5) is 21.3. The molecule has 92 valence electrons. The Morgan fingerprint density at radius 3 is 3.06 bits per heavy atom. The topological polar surface area (TPSA) is 86.7 Å². The van der Waals surface area contributed by atoms with Crippen molar-refractivity contribution in [3.63, 3.8) is 0 Å². The molecular formula is C11H10N4O2S. The van der Waals surface area contributed by atoms with Crippen LogP contribution in [-0.2, 0) is 6.42 Å². The maximum atomic E-state index is 11.8. The van der Waals surface area contributed by atoms with E-state index in [1.54, 1.807) is 18.6 Å². The number of hydrogen-bond donors (Lipinski definition) is 3. The fourth-order valence-corrected chi connectivity index (χ4v) is 2.50. The lowest BCUT2D eigenvalue weighted by molar-refractivity contribution is 0.436. The molecule has 0 radical (unpaired) electrons. The second-order valence-electron chi connectivity index (χ2n) is 3.77. The molecule has 0 fully saturated rings. The average Bonchev–Trinajstić information content (AvgIpc) is 3.03. The molecule has 3 rings (SSSR count). The van der Waals surface area contributed by atoms with E-state index in [-0.39, 0.29) is 11.6 Å². The summed E-state index contributed by atoms with van der Waals surface area (Å²) in [6.45, 7) is 0. The number of H-pyrrole nitrogens is 2. The van der Waals surface area contributed by atoms with Gasteiger partial charge in [-0.3, -0.25) is 0 Å². The van der Waals surface area contributed by atoms with Gasteiger partial charge in [0.25, 0.3) is 0 Å². The van der Waals surface area contributed by atoms with Crippen LogP contribution in [0.5, 0.6) is 5.88 Å². The Labute approximate surface area is 106 Å². The molecule has 7 heteroatoms. The summed E-state index contributed by atoms with van der Waals surface area (Å²) in [5, 5.41) is 12.6. The van der Waals surface area contributed by atoms with E-state index < -0.39 is 0 Å². The summed E-state index contributed by atoms with van der Waals surface area (Å²) in [6.07, 6.45) is 3.61. The molecule has 0 aromatic carbocycles. The van der Waals surface area contributed by atoms with E-state index in [4.69, 9.17) is 0 Å². The Morgan fingerprint density at radius 2 is 2.39 bits per heavy atom. The standard InChI is InChI=1S/C11H10N4O2S/c16-10-8(4-7-5-12-6-13-7)14-11(17)15(10)9-2-1-3-18-9/h1-3,5-6,16H,4H2,(H,12,13)(H,14,17). The number of imidazole rings is 2. The molecule has 0 unspecified atom stereocenters. The molecule has 0 saturated carbocycles. The first-order chi connectivity index (χ1) is 8.75. The third-order valence-corrected chi connectivity index (χ3v) is 3.44. The molecular weight excluding hydrogens is 252 g/mol. The van der Waals surface area contributed by atoms with Crippen molar-refractivity contribution in [2.24, 2.45) is 0 Å². The number of rotatable bonds is 3. The molecule has 0 saturated heterocycles. The van der Waals surface area contributed by atoms with E-state index in [1.165, 1.54) is 15.9 Å². The van der Waals surface area contributed by atoms with Crippen LogP contribution < -0.4 is 5.69 Å². The number of aromatic nitrogens is 4. The Balaban J connectivity index is 2.03. The van der Waals surface area contributed by atoms with Crippen LogP contribution in [0.1, 0.15) is 11.4 Å². The molecule has 0 atom stereocenters. The summed E-state index contributed by atoms with van der Waals surface area (Å²) in [7, 11) is 0. The highest BCUT2D eigenvalue weighted by atomic mass is 32.1. The second-order valence-corrected chi connectivity index (χ2v) is 4.70. The van der Waals surface area contributed by atoms with Gasteiger partial charge in [-0.15, -0.1) is 11.3 Å². The van der Waals surface area contributed by atoms with Crippen LogP contribution in [0, 0.1) is 0 Å². The van der Waals surface area contributed by atoms with E-state index in [1.807, 2.05) is 11.4 Å². The first-order valence-corrected chi connectivity index (χ1v) is 6.17. The van der Waals surface area contributed by atoms with E-state index in [9.17, 15) is 9.90 Å². The number of aromatic amines is 2. The van der Waals surface area contributed by atoms with Crippen molar-refractivity contribution in [3.8, 4) is 10.9 Å². The fraction of sp³-hybridized carbons (Fsp3) is 0.0909. The van der Waals surface area contributed by atoms with Gasteiger partial charge in [0.1, 0.15) is 5.00 Å². The van der Waals surface area contributed by atoms with Gasteiger partial charge in [-0.25, -0.2) is 14.3 Å². The predicted molar refractivity (Wildman–Crippen MR) is 67.3 cm³/mol. The van der Waals surface area contributed by atoms with Crippen molar-refractivity contribution in [2.45, 2.75) is 6.42 Å². The molecule has 0 aliphatic heterocycles. The number of hydrogen-bond acceptors (Lipinski definition) is 4. The molecule has 3 heterocycles. The first kappa shape index (κ1) is 10.8. The summed E-state index contributed by atoms with van der Waals surface area (Å²) < 4.78 is 1.26. The Kier molecular flexibility index (Phi) is 2.52. The highest BCUT2D eigenvalue weighted by Crippen LogP contribution is 2.22. The Morgan fingerprint density at radius 1 is 1.50 bits per heavy atom. The van der Waals surface area contributed by atoms with Gasteiger partial charge in [-0.05, 0) is 17.5 Å². The minimum Gasteiger partial charge on any atom is -0.493 e. The van der Waals surface area contributed by atoms with Crippen molar-refractivity contribution in [2.75, 3.05) is 0 Å². The molecule has 0 spiro atoms. The highest BCUT2D eigenvalue weighted by Gasteiger charge is 2.15. The normalized spacial score (nSPS) is 10.9. The Hall–Kier alpha value is -2.28. The second kappa shape index (κ2) is 4.19. The van der Waals surface area contributed by atoms with Crippen molar-refractivity contribution >= 4 is 11.3 Å². The van der Waals surface area contributed by atoms with Crippen LogP contribution in [0.15, 0.2) is 34.8 Å². The van der Waals surface area contributed by atoms with Crippen LogP contribution in [-0.4, -0.2) is 24.6 Å². The quantitative estimate of drug-likeness (QED) is 0.664. The van der Waals surface area contributed by atoms with E-state index in [2.05, 4.69) is 15.0 Å². The zero-order valence-electron chi connectivity index (χ0n) is 9.25. The molecule has 0 amide bonds. The summed E-state index contributed by atoms with van der Waals surface area (Å²) in [5.41, 5.74) is 0.951. The van der Waals surface area contributed by atoms with Gasteiger partial charge in [-0.1, -0.05) is 0 Å². The smallest absolute Gasteiger partial charge is 0.333 e. The van der Waals surface area contributed by atoms with Crippen molar-refractivity contribution in [1.82, 2.24) is 19.5 Å². The molecule has 18 heavy (non-hydrogen) atoms. The van der Waals surface area contributed by atoms with Gasteiger partial charge in [-0.2, -0.15) is 0 Å². The summed E-state index contributed by atoms with van der Waals surface area (Å²) >= 11 is 1.39. The lowest BCUT2D eigenvalue weighted by Crippen LogP contribution is -2.13. The molecule has 0 bridgehead atoms. The maximum absolute atomic E-state index is 11.8.